The Morgan fingerprint density at radius 1 is 1.21 bits per heavy atom. The number of ether oxygens (including phenoxy) is 2. The molecule has 2 aliphatic rings. The second-order valence-electron chi connectivity index (χ2n) is 10.7. The SMILES string of the molecule is CCOc1cc(CNCCn2ccnc2)ccc1OCC(=O)N1CC2(C)CC1CC(C)(C)C2.Cl. The molecule has 4 rings (SSSR count). The van der Waals surface area contributed by atoms with Gasteiger partial charge in [0.1, 0.15) is 0 Å². The molecule has 1 aromatic carbocycles. The topological polar surface area (TPSA) is 68.6 Å². The molecule has 2 unspecified atom stereocenters. The summed E-state index contributed by atoms with van der Waals surface area (Å²) in [7, 11) is 0. The predicted octanol–water partition coefficient (Wildman–Crippen LogP) is 4.30. The third-order valence-electron chi connectivity index (χ3n) is 6.83. The first kappa shape index (κ1) is 26.4. The molecule has 1 aliphatic carbocycles. The third-order valence-corrected chi connectivity index (χ3v) is 6.83. The number of benzene rings is 1. The van der Waals surface area contributed by atoms with Gasteiger partial charge in [-0.15, -0.1) is 12.4 Å². The zero-order chi connectivity index (χ0) is 23.5. The van der Waals surface area contributed by atoms with E-state index in [-0.39, 0.29) is 30.3 Å². The summed E-state index contributed by atoms with van der Waals surface area (Å²) in [6.07, 6.45) is 8.91. The van der Waals surface area contributed by atoms with E-state index in [9.17, 15) is 4.79 Å². The van der Waals surface area contributed by atoms with Crippen molar-refractivity contribution in [1.82, 2.24) is 19.8 Å². The van der Waals surface area contributed by atoms with Crippen molar-refractivity contribution in [3.63, 3.8) is 0 Å². The van der Waals surface area contributed by atoms with Crippen LogP contribution in [0, 0.1) is 10.8 Å². The molecule has 2 bridgehead atoms. The van der Waals surface area contributed by atoms with E-state index in [2.05, 4.69) is 36.0 Å². The van der Waals surface area contributed by atoms with Crippen molar-refractivity contribution < 1.29 is 14.3 Å². The largest absolute Gasteiger partial charge is 0.490 e. The van der Waals surface area contributed by atoms with E-state index >= 15 is 0 Å². The number of carbonyl (C=O) groups is 1. The number of likely N-dealkylation sites (tertiary alicyclic amines) is 1. The summed E-state index contributed by atoms with van der Waals surface area (Å²) in [5.74, 6) is 1.39. The molecule has 1 N–H and O–H groups in total. The number of hydrogen-bond donors (Lipinski definition) is 1. The number of nitrogens with zero attached hydrogens (tertiary/aromatic N) is 3. The van der Waals surface area contributed by atoms with E-state index in [4.69, 9.17) is 9.47 Å². The van der Waals surface area contributed by atoms with E-state index in [0.29, 0.717) is 29.6 Å². The molecular formula is C26H39ClN4O3. The van der Waals surface area contributed by atoms with Gasteiger partial charge in [-0.2, -0.15) is 0 Å². The van der Waals surface area contributed by atoms with Crippen molar-refractivity contribution in [2.24, 2.45) is 10.8 Å². The highest BCUT2D eigenvalue weighted by atomic mass is 35.5. The van der Waals surface area contributed by atoms with Gasteiger partial charge >= 0.3 is 0 Å². The summed E-state index contributed by atoms with van der Waals surface area (Å²) in [6, 6.07) is 6.27. The molecule has 7 nitrogen and oxygen atoms in total. The molecule has 0 spiro atoms. The molecule has 2 atom stereocenters. The summed E-state index contributed by atoms with van der Waals surface area (Å²) in [6.45, 7) is 12.8. The number of fused-ring (bicyclic) bond motifs is 2. The highest BCUT2D eigenvalue weighted by Crippen LogP contribution is 2.52. The van der Waals surface area contributed by atoms with Crippen LogP contribution in [0.15, 0.2) is 36.9 Å². The molecule has 8 heteroatoms. The minimum atomic E-state index is 0. The van der Waals surface area contributed by atoms with E-state index in [1.165, 1.54) is 6.42 Å². The fourth-order valence-electron chi connectivity index (χ4n) is 5.88. The lowest BCUT2D eigenvalue weighted by Crippen LogP contribution is -2.40. The maximum atomic E-state index is 13.1. The number of amides is 1. The summed E-state index contributed by atoms with van der Waals surface area (Å²) in [5, 5.41) is 3.44. The van der Waals surface area contributed by atoms with Crippen LogP contribution in [0.3, 0.4) is 0 Å². The highest BCUT2D eigenvalue weighted by Gasteiger charge is 2.50. The van der Waals surface area contributed by atoms with Crippen LogP contribution < -0.4 is 14.8 Å². The van der Waals surface area contributed by atoms with Crippen LogP contribution in [-0.2, 0) is 17.9 Å². The molecule has 1 aromatic heterocycles. The fraction of sp³-hybridized carbons (Fsp3) is 0.615. The molecule has 34 heavy (non-hydrogen) atoms. The second-order valence-corrected chi connectivity index (χ2v) is 10.7. The lowest BCUT2D eigenvalue weighted by molar-refractivity contribution is -0.134. The third kappa shape index (κ3) is 6.45. The standard InChI is InChI=1S/C26H38N4O3.ClH/c1-5-32-23-12-20(15-27-8-10-29-11-9-28-19-29)6-7-22(23)33-16-24(31)30-18-26(4)14-21(30)13-25(2,3)17-26;/h6-7,9,11-12,19,21,27H,5,8,10,13-18H2,1-4H3;1H. The minimum Gasteiger partial charge on any atom is -0.490 e. The lowest BCUT2D eigenvalue weighted by Gasteiger charge is -2.39. The van der Waals surface area contributed by atoms with Gasteiger partial charge in [-0.3, -0.25) is 4.79 Å². The number of carbonyl (C=O) groups excluding carboxylic acids is 1. The van der Waals surface area contributed by atoms with Crippen LogP contribution in [0.2, 0.25) is 0 Å². The Kier molecular flexibility index (Phi) is 8.52. The van der Waals surface area contributed by atoms with Gasteiger partial charge in [-0.25, -0.2) is 4.98 Å². The van der Waals surface area contributed by atoms with Crippen LogP contribution >= 0.6 is 12.4 Å². The van der Waals surface area contributed by atoms with Gasteiger partial charge in [0.05, 0.1) is 12.9 Å². The van der Waals surface area contributed by atoms with E-state index in [1.54, 1.807) is 6.20 Å². The van der Waals surface area contributed by atoms with Crippen molar-refractivity contribution in [2.45, 2.75) is 66.1 Å². The predicted molar refractivity (Wildman–Crippen MR) is 136 cm³/mol. The number of nitrogens with one attached hydrogen (secondary N) is 1. The quantitative estimate of drug-likeness (QED) is 0.503. The van der Waals surface area contributed by atoms with Gasteiger partial charge in [0.15, 0.2) is 18.1 Å². The van der Waals surface area contributed by atoms with Gasteiger partial charge in [0.25, 0.3) is 5.91 Å². The molecule has 1 saturated heterocycles. The van der Waals surface area contributed by atoms with Gasteiger partial charge < -0.3 is 24.3 Å². The Morgan fingerprint density at radius 3 is 2.76 bits per heavy atom. The molecule has 188 valence electrons. The van der Waals surface area contributed by atoms with Crippen LogP contribution in [-0.4, -0.2) is 52.7 Å². The molecule has 1 aliphatic heterocycles. The first-order valence-electron chi connectivity index (χ1n) is 12.1. The first-order chi connectivity index (χ1) is 15.8. The van der Waals surface area contributed by atoms with Gasteiger partial charge in [0.2, 0.25) is 0 Å². The average molecular weight is 491 g/mol. The van der Waals surface area contributed by atoms with Crippen molar-refractivity contribution in [1.29, 1.82) is 0 Å². The molecule has 1 saturated carbocycles. The summed E-state index contributed by atoms with van der Waals surface area (Å²) in [5.41, 5.74) is 1.63. The number of rotatable bonds is 10. The van der Waals surface area contributed by atoms with E-state index < -0.39 is 0 Å². The minimum absolute atomic E-state index is 0. The maximum Gasteiger partial charge on any atom is 0.260 e. The normalized spacial score (nSPS) is 22.8. The van der Waals surface area contributed by atoms with Crippen LogP contribution in [0.4, 0.5) is 0 Å². The smallest absolute Gasteiger partial charge is 0.260 e. The van der Waals surface area contributed by atoms with E-state index in [1.807, 2.05) is 42.2 Å². The highest BCUT2D eigenvalue weighted by molar-refractivity contribution is 5.85. The number of halogens is 1. The van der Waals surface area contributed by atoms with Crippen LogP contribution in [0.5, 0.6) is 11.5 Å². The van der Waals surface area contributed by atoms with Crippen LogP contribution in [0.25, 0.3) is 0 Å². The summed E-state index contributed by atoms with van der Waals surface area (Å²) in [4.78, 5) is 19.2. The molecule has 2 fully saturated rings. The molecule has 0 radical (unpaired) electrons. The van der Waals surface area contributed by atoms with Crippen molar-refractivity contribution in [3.05, 3.63) is 42.5 Å². The van der Waals surface area contributed by atoms with Gasteiger partial charge in [-0.05, 0) is 54.7 Å². The summed E-state index contributed by atoms with van der Waals surface area (Å²) >= 11 is 0. The number of imidazole rings is 1. The lowest BCUT2D eigenvalue weighted by atomic mass is 9.65. The number of hydrogen-bond acceptors (Lipinski definition) is 5. The van der Waals surface area contributed by atoms with Gasteiger partial charge in [-0.1, -0.05) is 26.8 Å². The zero-order valence-electron chi connectivity index (χ0n) is 20.9. The van der Waals surface area contributed by atoms with Crippen LogP contribution in [0.1, 0.15) is 52.5 Å². The molecule has 2 heterocycles. The van der Waals surface area contributed by atoms with Crippen molar-refractivity contribution >= 4 is 18.3 Å². The first-order valence-corrected chi connectivity index (χ1v) is 12.1. The Hall–Kier alpha value is -2.25. The Labute approximate surface area is 209 Å². The average Bonchev–Trinajstić information content (AvgIpc) is 3.35. The monoisotopic (exact) mass is 490 g/mol. The molecular weight excluding hydrogens is 452 g/mol. The Balaban J connectivity index is 0.00000324. The molecule has 1 amide bonds. The maximum absolute atomic E-state index is 13.1. The zero-order valence-corrected chi connectivity index (χ0v) is 21.7. The van der Waals surface area contributed by atoms with Crippen molar-refractivity contribution in [2.75, 3.05) is 26.3 Å². The second kappa shape index (κ2) is 11.0. The van der Waals surface area contributed by atoms with E-state index in [0.717, 1.165) is 44.6 Å². The Bertz CT molecular complexity index is 950. The van der Waals surface area contributed by atoms with Gasteiger partial charge in [0, 0.05) is 44.6 Å². The summed E-state index contributed by atoms with van der Waals surface area (Å²) < 4.78 is 13.8. The molecule has 2 aromatic rings. The number of aromatic nitrogens is 2. The van der Waals surface area contributed by atoms with Crippen molar-refractivity contribution in [3.8, 4) is 11.5 Å². The Morgan fingerprint density at radius 2 is 2.03 bits per heavy atom. The fourth-order valence-corrected chi connectivity index (χ4v) is 5.88.